The minimum absolute atomic E-state index is 0.393. The van der Waals surface area contributed by atoms with E-state index in [2.05, 4.69) is 30.6 Å². The number of guanidine groups is 4. The molecule has 23 heteroatoms. The van der Waals surface area contributed by atoms with Crippen LogP contribution in [0.15, 0.2) is 50.3 Å². The average molecular weight is 607 g/mol. The van der Waals surface area contributed by atoms with Crippen LogP contribution in [0.3, 0.4) is 0 Å². The zero-order valence-corrected chi connectivity index (χ0v) is 22.4. The van der Waals surface area contributed by atoms with Crippen molar-refractivity contribution in [3.05, 3.63) is 35.9 Å². The molecule has 1 rings (SSSR count). The second-order valence-electron chi connectivity index (χ2n) is 8.15. The minimum Gasteiger partial charge on any atom is -0.370 e. The summed E-state index contributed by atoms with van der Waals surface area (Å²) in [5, 5.41) is 8.31. The van der Waals surface area contributed by atoms with Gasteiger partial charge in [-0.3, -0.25) is 24.0 Å². The van der Waals surface area contributed by atoms with Crippen molar-refractivity contribution in [2.45, 2.75) is 30.7 Å². The summed E-state index contributed by atoms with van der Waals surface area (Å²) in [6.45, 7) is 0. The molecule has 5 unspecified atom stereocenters. The molecule has 0 heterocycles. The molecular formula is C20H34N18O5. The Hall–Kier alpha value is -6.39. The van der Waals surface area contributed by atoms with Crippen LogP contribution in [0.4, 0.5) is 0 Å². The van der Waals surface area contributed by atoms with Gasteiger partial charge in [0.15, 0.2) is 23.8 Å². The van der Waals surface area contributed by atoms with E-state index < -0.39 is 84.1 Å². The van der Waals surface area contributed by atoms with E-state index in [9.17, 15) is 24.0 Å². The van der Waals surface area contributed by atoms with E-state index in [4.69, 9.17) is 57.3 Å². The fraction of sp³-hybridized carbons (Fsp3) is 0.250. The van der Waals surface area contributed by atoms with Gasteiger partial charge in [0.1, 0.15) is 6.04 Å². The van der Waals surface area contributed by atoms with Gasteiger partial charge in [-0.2, -0.15) is 0 Å². The number of benzene rings is 1. The standard InChI is InChI=1S/C20H34N18O5/c21-7(6-4-2-1-3-5-6)13(40)32-10(36-18(25)26)15(42)34-12(38-20(29)30)16(43)33-11(37-19(27)28)14(41)31-9(8(22)39)35-17(23)24/h1-5,7,9-12H,21H2,(H2,22,39)(H,31,41)(H,32,40)(H,33,43)(H,34,42)(H4,23,24,35)(H4,25,26,36)(H4,27,28,37)(H4,29,30,38). The Bertz CT molecular complexity index is 1300. The highest BCUT2D eigenvalue weighted by Gasteiger charge is 2.32. The van der Waals surface area contributed by atoms with Crippen molar-refractivity contribution in [2.24, 2.45) is 77.3 Å². The third-order valence-corrected chi connectivity index (χ3v) is 4.68. The maximum Gasteiger partial charge on any atom is 0.267 e. The van der Waals surface area contributed by atoms with E-state index in [1.54, 1.807) is 30.3 Å². The lowest BCUT2D eigenvalue weighted by Crippen LogP contribution is -2.58. The van der Waals surface area contributed by atoms with Gasteiger partial charge in [0.25, 0.3) is 23.6 Å². The Morgan fingerprint density at radius 2 is 0.791 bits per heavy atom. The van der Waals surface area contributed by atoms with Crippen molar-refractivity contribution in [1.82, 2.24) is 21.3 Å². The van der Waals surface area contributed by atoms with Crippen LogP contribution in [0.5, 0.6) is 0 Å². The Morgan fingerprint density at radius 3 is 1.12 bits per heavy atom. The zero-order valence-electron chi connectivity index (χ0n) is 22.4. The Morgan fingerprint density at radius 1 is 0.488 bits per heavy atom. The predicted molar refractivity (Wildman–Crippen MR) is 154 cm³/mol. The number of carbonyl (C=O) groups excluding carboxylic acids is 5. The molecule has 0 fully saturated rings. The van der Waals surface area contributed by atoms with Gasteiger partial charge >= 0.3 is 0 Å². The van der Waals surface area contributed by atoms with Crippen LogP contribution in [0, 0.1) is 0 Å². The first-order chi connectivity index (χ1) is 20.0. The van der Waals surface area contributed by atoms with Crippen molar-refractivity contribution in [2.75, 3.05) is 0 Å². The number of hydrogen-bond acceptors (Lipinski definition) is 10. The van der Waals surface area contributed by atoms with Crippen molar-refractivity contribution in [1.29, 1.82) is 0 Å². The molecule has 5 amide bonds. The van der Waals surface area contributed by atoms with E-state index >= 15 is 0 Å². The minimum atomic E-state index is -2.00. The van der Waals surface area contributed by atoms with Crippen LogP contribution >= 0.6 is 0 Å². The predicted octanol–water partition coefficient (Wildman–Crippen LogP) is -8.97. The van der Waals surface area contributed by atoms with Crippen molar-refractivity contribution in [3.8, 4) is 0 Å². The molecule has 234 valence electrons. The quantitative estimate of drug-likeness (QED) is 0.0690. The third kappa shape index (κ3) is 12.1. The van der Waals surface area contributed by atoms with Gasteiger partial charge in [0, 0.05) is 0 Å². The summed E-state index contributed by atoms with van der Waals surface area (Å²) in [6, 6.07) is 6.83. The molecular weight excluding hydrogens is 572 g/mol. The molecule has 0 saturated carbocycles. The van der Waals surface area contributed by atoms with Crippen LogP contribution in [0.25, 0.3) is 0 Å². The number of nitrogens with one attached hydrogen (secondary N) is 4. The number of nitrogens with two attached hydrogens (primary N) is 10. The van der Waals surface area contributed by atoms with E-state index in [0.717, 1.165) is 0 Å². The molecule has 0 aliphatic carbocycles. The smallest absolute Gasteiger partial charge is 0.267 e. The highest BCUT2D eigenvalue weighted by atomic mass is 16.2. The van der Waals surface area contributed by atoms with E-state index in [-0.39, 0.29) is 0 Å². The molecule has 0 spiro atoms. The second-order valence-corrected chi connectivity index (χ2v) is 8.15. The number of nitrogens with zero attached hydrogens (tertiary/aromatic N) is 4. The van der Waals surface area contributed by atoms with Gasteiger partial charge < -0.3 is 78.6 Å². The van der Waals surface area contributed by atoms with Crippen molar-refractivity contribution >= 4 is 53.4 Å². The fourth-order valence-corrected chi connectivity index (χ4v) is 2.91. The first-order valence-corrected chi connectivity index (χ1v) is 11.7. The van der Waals surface area contributed by atoms with Crippen LogP contribution in [-0.2, 0) is 24.0 Å². The summed E-state index contributed by atoms with van der Waals surface area (Å²) in [4.78, 5) is 77.2. The molecule has 1 aromatic rings. The summed E-state index contributed by atoms with van der Waals surface area (Å²) in [6.07, 6.45) is -7.60. The second kappa shape index (κ2) is 16.0. The van der Waals surface area contributed by atoms with Crippen molar-refractivity contribution < 1.29 is 24.0 Å². The molecule has 0 aromatic heterocycles. The Kier molecular flexibility index (Phi) is 12.9. The van der Waals surface area contributed by atoms with E-state index in [1.807, 2.05) is 10.6 Å². The van der Waals surface area contributed by atoms with E-state index in [1.165, 1.54) is 0 Å². The summed E-state index contributed by atoms with van der Waals surface area (Å²) in [5.74, 6) is -8.48. The first kappa shape index (κ1) is 34.6. The van der Waals surface area contributed by atoms with Crippen molar-refractivity contribution in [3.63, 3.8) is 0 Å². The third-order valence-electron chi connectivity index (χ3n) is 4.68. The molecule has 0 bridgehead atoms. The molecule has 43 heavy (non-hydrogen) atoms. The molecule has 23 nitrogen and oxygen atoms in total. The van der Waals surface area contributed by atoms with Gasteiger partial charge in [0.2, 0.25) is 30.6 Å². The monoisotopic (exact) mass is 606 g/mol. The highest BCUT2D eigenvalue weighted by molar-refractivity contribution is 5.98. The molecule has 0 aliphatic heterocycles. The Labute approximate surface area is 243 Å². The number of carbonyl (C=O) groups is 5. The number of hydrogen-bond donors (Lipinski definition) is 14. The number of aliphatic imine (C=N–C) groups is 4. The average Bonchev–Trinajstić information content (AvgIpc) is 2.90. The molecule has 1 aromatic carbocycles. The lowest BCUT2D eigenvalue weighted by molar-refractivity contribution is -0.134. The van der Waals surface area contributed by atoms with Crippen LogP contribution < -0.4 is 78.6 Å². The van der Waals surface area contributed by atoms with Gasteiger partial charge in [-0.1, -0.05) is 30.3 Å². The number of primary amides is 1. The largest absolute Gasteiger partial charge is 0.370 e. The highest BCUT2D eigenvalue weighted by Crippen LogP contribution is 2.10. The molecule has 0 aliphatic rings. The summed E-state index contributed by atoms with van der Waals surface area (Å²) < 4.78 is 0. The summed E-state index contributed by atoms with van der Waals surface area (Å²) >= 11 is 0. The maximum atomic E-state index is 13.0. The van der Waals surface area contributed by atoms with Crippen LogP contribution in [-0.4, -0.2) is 78.0 Å². The molecule has 0 saturated heterocycles. The first-order valence-electron chi connectivity index (χ1n) is 11.7. The van der Waals surface area contributed by atoms with Gasteiger partial charge in [-0.05, 0) is 5.56 Å². The summed E-state index contributed by atoms with van der Waals surface area (Å²) in [5.41, 5.74) is 54.0. The Balaban J connectivity index is 3.24. The summed E-state index contributed by atoms with van der Waals surface area (Å²) in [7, 11) is 0. The number of amides is 5. The maximum absolute atomic E-state index is 13.0. The lowest BCUT2D eigenvalue weighted by Gasteiger charge is -2.22. The van der Waals surface area contributed by atoms with Gasteiger partial charge in [0.05, 0.1) is 0 Å². The van der Waals surface area contributed by atoms with Crippen LogP contribution in [0.2, 0.25) is 0 Å². The molecule has 24 N–H and O–H groups in total. The zero-order chi connectivity index (χ0) is 32.9. The topological polar surface area (TPSA) is 443 Å². The SMILES string of the molecule is NC(=O)C(N=C(N)N)NC(=O)C(N=C(N)N)NC(=O)C(N=C(N)N)NC(=O)C(N=C(N)N)NC(=O)C(N)c1ccccc1. The van der Waals surface area contributed by atoms with E-state index in [0.29, 0.717) is 5.56 Å². The van der Waals surface area contributed by atoms with Gasteiger partial charge in [-0.25, -0.2) is 20.0 Å². The lowest BCUT2D eigenvalue weighted by atomic mass is 10.1. The van der Waals surface area contributed by atoms with Crippen LogP contribution in [0.1, 0.15) is 11.6 Å². The number of rotatable bonds is 14. The molecule has 5 atom stereocenters. The fourth-order valence-electron chi connectivity index (χ4n) is 2.91. The normalized spacial score (nSPS) is 13.6. The molecule has 0 radical (unpaired) electrons. The van der Waals surface area contributed by atoms with Gasteiger partial charge in [-0.15, -0.1) is 0 Å².